The number of rotatable bonds is 6. The maximum absolute atomic E-state index is 12.8. The van der Waals surface area contributed by atoms with E-state index in [0.29, 0.717) is 27.0 Å². The molecule has 0 spiro atoms. The number of imidazole rings is 1. The van der Waals surface area contributed by atoms with Crippen LogP contribution in [-0.2, 0) is 4.79 Å². The molecule has 0 saturated carbocycles. The second-order valence-corrected chi connectivity index (χ2v) is 7.68. The molecular weight excluding hydrogens is 406 g/mol. The summed E-state index contributed by atoms with van der Waals surface area (Å²) in [6, 6.07) is 21.4. The zero-order chi connectivity index (χ0) is 20.2. The SMILES string of the molecule is O=C(CSc1nc2ccccc2[nH]1)Nc1ccc(Cl)cc1C(=O)c1ccccc1. The number of anilines is 1. The summed E-state index contributed by atoms with van der Waals surface area (Å²) in [6.45, 7) is 0. The fourth-order valence-corrected chi connectivity index (χ4v) is 3.73. The molecule has 1 aromatic heterocycles. The van der Waals surface area contributed by atoms with Gasteiger partial charge in [-0.05, 0) is 30.3 Å². The van der Waals surface area contributed by atoms with Crippen molar-refractivity contribution in [1.29, 1.82) is 0 Å². The van der Waals surface area contributed by atoms with Gasteiger partial charge in [-0.25, -0.2) is 4.98 Å². The molecule has 0 aliphatic rings. The first-order chi connectivity index (χ1) is 14.1. The number of hydrogen-bond acceptors (Lipinski definition) is 4. The molecule has 4 rings (SSSR count). The highest BCUT2D eigenvalue weighted by Gasteiger charge is 2.16. The Morgan fingerprint density at radius 1 is 1.00 bits per heavy atom. The lowest BCUT2D eigenvalue weighted by Crippen LogP contribution is -2.17. The van der Waals surface area contributed by atoms with Crippen LogP contribution < -0.4 is 5.32 Å². The van der Waals surface area contributed by atoms with Crippen LogP contribution >= 0.6 is 23.4 Å². The standard InChI is InChI=1S/C22H16ClN3O2S/c23-15-10-11-17(16(12-15)21(28)14-6-2-1-3-7-14)24-20(27)13-29-22-25-18-8-4-5-9-19(18)26-22/h1-12H,13H2,(H,24,27)(H,25,26). The van der Waals surface area contributed by atoms with Gasteiger partial charge in [-0.3, -0.25) is 9.59 Å². The zero-order valence-corrected chi connectivity index (χ0v) is 16.8. The van der Waals surface area contributed by atoms with E-state index in [0.717, 1.165) is 11.0 Å². The van der Waals surface area contributed by atoms with Crippen molar-refractivity contribution in [3.63, 3.8) is 0 Å². The van der Waals surface area contributed by atoms with Gasteiger partial charge in [0.2, 0.25) is 5.91 Å². The number of fused-ring (bicyclic) bond motifs is 1. The summed E-state index contributed by atoms with van der Waals surface area (Å²) >= 11 is 7.38. The van der Waals surface area contributed by atoms with Gasteiger partial charge >= 0.3 is 0 Å². The third-order valence-corrected chi connectivity index (χ3v) is 5.35. The van der Waals surface area contributed by atoms with E-state index >= 15 is 0 Å². The van der Waals surface area contributed by atoms with Gasteiger partial charge in [0.05, 0.1) is 22.5 Å². The molecule has 0 saturated heterocycles. The Morgan fingerprint density at radius 2 is 1.76 bits per heavy atom. The van der Waals surface area contributed by atoms with Crippen LogP contribution in [0.4, 0.5) is 5.69 Å². The van der Waals surface area contributed by atoms with E-state index in [1.165, 1.54) is 11.8 Å². The number of ketones is 1. The highest BCUT2D eigenvalue weighted by Crippen LogP contribution is 2.25. The maximum Gasteiger partial charge on any atom is 0.234 e. The summed E-state index contributed by atoms with van der Waals surface area (Å²) in [4.78, 5) is 32.9. The van der Waals surface area contributed by atoms with Gasteiger partial charge in [0.25, 0.3) is 0 Å². The Morgan fingerprint density at radius 3 is 2.55 bits per heavy atom. The predicted molar refractivity (Wildman–Crippen MR) is 117 cm³/mol. The smallest absolute Gasteiger partial charge is 0.234 e. The van der Waals surface area contributed by atoms with Crippen molar-refractivity contribution in [2.45, 2.75) is 5.16 Å². The molecule has 0 radical (unpaired) electrons. The molecular formula is C22H16ClN3O2S. The topological polar surface area (TPSA) is 74.8 Å². The van der Waals surface area contributed by atoms with Crippen LogP contribution in [0.1, 0.15) is 15.9 Å². The first-order valence-electron chi connectivity index (χ1n) is 8.87. The van der Waals surface area contributed by atoms with Crippen molar-refractivity contribution < 1.29 is 9.59 Å². The third kappa shape index (κ3) is 4.50. The molecule has 0 unspecified atom stereocenters. The summed E-state index contributed by atoms with van der Waals surface area (Å²) in [5.41, 5.74) is 3.08. The first kappa shape index (κ1) is 19.2. The van der Waals surface area contributed by atoms with Crippen molar-refractivity contribution in [2.75, 3.05) is 11.1 Å². The monoisotopic (exact) mass is 421 g/mol. The van der Waals surface area contributed by atoms with Crippen LogP contribution in [0.25, 0.3) is 11.0 Å². The minimum absolute atomic E-state index is 0.154. The number of benzene rings is 3. The number of amides is 1. The largest absolute Gasteiger partial charge is 0.333 e. The lowest BCUT2D eigenvalue weighted by Gasteiger charge is -2.11. The summed E-state index contributed by atoms with van der Waals surface area (Å²) in [5, 5.41) is 3.91. The van der Waals surface area contributed by atoms with Gasteiger partial charge < -0.3 is 10.3 Å². The quantitative estimate of drug-likeness (QED) is 0.332. The van der Waals surface area contributed by atoms with E-state index < -0.39 is 0 Å². The average molecular weight is 422 g/mol. The van der Waals surface area contributed by atoms with Crippen molar-refractivity contribution in [3.05, 3.63) is 88.9 Å². The second kappa shape index (κ2) is 8.51. The van der Waals surface area contributed by atoms with Crippen molar-refractivity contribution in [3.8, 4) is 0 Å². The predicted octanol–water partition coefficient (Wildman–Crippen LogP) is 5.18. The number of hydrogen-bond donors (Lipinski definition) is 2. The number of thioether (sulfide) groups is 1. The molecule has 4 aromatic rings. The van der Waals surface area contributed by atoms with Gasteiger partial charge in [0.15, 0.2) is 10.9 Å². The summed E-state index contributed by atoms with van der Waals surface area (Å²) in [7, 11) is 0. The van der Waals surface area contributed by atoms with Crippen LogP contribution in [0.5, 0.6) is 0 Å². The van der Waals surface area contributed by atoms with E-state index in [1.807, 2.05) is 30.3 Å². The second-order valence-electron chi connectivity index (χ2n) is 6.28. The number of nitrogens with zero attached hydrogens (tertiary/aromatic N) is 1. The Balaban J connectivity index is 1.48. The molecule has 3 aromatic carbocycles. The molecule has 0 aliphatic heterocycles. The van der Waals surface area contributed by atoms with Crippen LogP contribution in [0, 0.1) is 0 Å². The van der Waals surface area contributed by atoms with Crippen LogP contribution in [-0.4, -0.2) is 27.4 Å². The molecule has 0 bridgehead atoms. The molecule has 29 heavy (non-hydrogen) atoms. The number of carbonyl (C=O) groups excluding carboxylic acids is 2. The van der Waals surface area contributed by atoms with Gasteiger partial charge in [-0.2, -0.15) is 0 Å². The molecule has 5 nitrogen and oxygen atoms in total. The lowest BCUT2D eigenvalue weighted by molar-refractivity contribution is -0.113. The fourth-order valence-electron chi connectivity index (χ4n) is 2.88. The third-order valence-electron chi connectivity index (χ3n) is 4.24. The highest BCUT2D eigenvalue weighted by molar-refractivity contribution is 7.99. The number of H-pyrrole nitrogens is 1. The van der Waals surface area contributed by atoms with Crippen molar-refractivity contribution >= 4 is 51.8 Å². The Kier molecular flexibility index (Phi) is 5.64. The molecule has 144 valence electrons. The number of carbonyl (C=O) groups is 2. The van der Waals surface area contributed by atoms with Crippen LogP contribution in [0.2, 0.25) is 5.02 Å². The molecule has 0 aliphatic carbocycles. The van der Waals surface area contributed by atoms with E-state index in [4.69, 9.17) is 11.6 Å². The fraction of sp³-hybridized carbons (Fsp3) is 0.0455. The van der Waals surface area contributed by atoms with Crippen molar-refractivity contribution in [1.82, 2.24) is 9.97 Å². The Bertz CT molecular complexity index is 1160. The first-order valence-corrected chi connectivity index (χ1v) is 10.2. The van der Waals surface area contributed by atoms with E-state index in [9.17, 15) is 9.59 Å². The Labute approximate surface area is 176 Å². The van der Waals surface area contributed by atoms with Crippen molar-refractivity contribution in [2.24, 2.45) is 0 Å². The Hall–Kier alpha value is -3.09. The van der Waals surface area contributed by atoms with Gasteiger partial charge in [0, 0.05) is 16.1 Å². The number of halogens is 1. The number of nitrogens with one attached hydrogen (secondary N) is 2. The molecule has 1 heterocycles. The summed E-state index contributed by atoms with van der Waals surface area (Å²) in [6.07, 6.45) is 0. The van der Waals surface area contributed by atoms with Gasteiger partial charge in [0.1, 0.15) is 0 Å². The highest BCUT2D eigenvalue weighted by atomic mass is 35.5. The summed E-state index contributed by atoms with van der Waals surface area (Å²) in [5.74, 6) is -0.283. The lowest BCUT2D eigenvalue weighted by atomic mass is 10.0. The average Bonchev–Trinajstić information content (AvgIpc) is 3.17. The van der Waals surface area contributed by atoms with E-state index in [1.54, 1.807) is 42.5 Å². The minimum Gasteiger partial charge on any atom is -0.333 e. The van der Waals surface area contributed by atoms with Crippen LogP contribution in [0.15, 0.2) is 78.0 Å². The normalized spacial score (nSPS) is 10.8. The molecule has 7 heteroatoms. The van der Waals surface area contributed by atoms with Crippen LogP contribution in [0.3, 0.4) is 0 Å². The molecule has 2 N–H and O–H groups in total. The molecule has 1 amide bonds. The van der Waals surface area contributed by atoms with Gasteiger partial charge in [-0.15, -0.1) is 0 Å². The minimum atomic E-state index is -0.236. The number of aromatic nitrogens is 2. The van der Waals surface area contributed by atoms with E-state index in [-0.39, 0.29) is 17.4 Å². The maximum atomic E-state index is 12.8. The number of aromatic amines is 1. The zero-order valence-electron chi connectivity index (χ0n) is 15.2. The number of para-hydroxylation sites is 2. The summed E-state index contributed by atoms with van der Waals surface area (Å²) < 4.78 is 0. The van der Waals surface area contributed by atoms with E-state index in [2.05, 4.69) is 15.3 Å². The molecule has 0 fully saturated rings. The van der Waals surface area contributed by atoms with Gasteiger partial charge in [-0.1, -0.05) is 65.8 Å². The molecule has 0 atom stereocenters.